The van der Waals surface area contributed by atoms with Crippen molar-refractivity contribution in [2.45, 2.75) is 38.9 Å². The quantitative estimate of drug-likeness (QED) is 0.632. The van der Waals surface area contributed by atoms with E-state index in [9.17, 15) is 16.8 Å². The Bertz CT molecular complexity index is 1110. The fraction of sp³-hybridized carbons (Fsp3) is 0.375. The minimum absolute atomic E-state index is 0.0461. The van der Waals surface area contributed by atoms with Crippen molar-refractivity contribution < 1.29 is 16.8 Å². The first-order chi connectivity index (χ1) is 13.6. The Morgan fingerprint density at radius 1 is 0.867 bits per heavy atom. The van der Waals surface area contributed by atoms with Gasteiger partial charge in [-0.05, 0) is 20.8 Å². The minimum atomic E-state index is -3.69. The van der Waals surface area contributed by atoms with Gasteiger partial charge in [0.25, 0.3) is 0 Å². The second-order valence-electron chi connectivity index (χ2n) is 6.29. The molecular weight excluding hydrogens is 475 g/mol. The maximum absolute atomic E-state index is 11.1. The highest BCUT2D eigenvalue weighted by Gasteiger charge is 2.26. The molecule has 0 fully saturated rings. The van der Waals surface area contributed by atoms with E-state index in [0.29, 0.717) is 27.3 Å². The molecule has 30 heavy (non-hydrogen) atoms. The molecule has 0 aliphatic heterocycles. The summed E-state index contributed by atoms with van der Waals surface area (Å²) in [5.74, 6) is 0.351. The van der Waals surface area contributed by atoms with Gasteiger partial charge in [-0.2, -0.15) is 0 Å². The summed E-state index contributed by atoms with van der Waals surface area (Å²) < 4.78 is 44.3. The van der Waals surface area contributed by atoms with E-state index in [0.717, 1.165) is 0 Å². The molecule has 2 rings (SSSR count). The van der Waals surface area contributed by atoms with Crippen LogP contribution in [0.1, 0.15) is 45.3 Å². The van der Waals surface area contributed by atoms with Crippen LogP contribution >= 0.6 is 23.2 Å². The summed E-state index contributed by atoms with van der Waals surface area (Å²) in [6.07, 6.45) is 5.64. The van der Waals surface area contributed by atoms with Gasteiger partial charge in [0.2, 0.25) is 20.0 Å². The van der Waals surface area contributed by atoms with E-state index in [2.05, 4.69) is 19.9 Å². The number of nitrogens with two attached hydrogens (primary N) is 2. The van der Waals surface area contributed by atoms with E-state index in [1.54, 1.807) is 13.8 Å². The highest BCUT2D eigenvalue weighted by Crippen LogP contribution is 2.20. The minimum Gasteiger partial charge on any atom is -0.239 e. The Balaban J connectivity index is 0.000000300. The van der Waals surface area contributed by atoms with Gasteiger partial charge < -0.3 is 0 Å². The zero-order valence-electron chi connectivity index (χ0n) is 16.6. The van der Waals surface area contributed by atoms with E-state index in [1.807, 2.05) is 0 Å². The smallest absolute Gasteiger partial charge is 0.234 e. The second kappa shape index (κ2) is 10.6. The van der Waals surface area contributed by atoms with Crippen molar-refractivity contribution in [1.29, 1.82) is 0 Å². The number of hydrogen-bond donors (Lipinski definition) is 2. The lowest BCUT2D eigenvalue weighted by Gasteiger charge is -2.15. The van der Waals surface area contributed by atoms with Gasteiger partial charge in [0.05, 0.1) is 20.2 Å². The third kappa shape index (κ3) is 7.85. The Labute approximate surface area is 185 Å². The van der Waals surface area contributed by atoms with Gasteiger partial charge in [0.1, 0.15) is 5.82 Å². The lowest BCUT2D eigenvalue weighted by Crippen LogP contribution is -2.31. The van der Waals surface area contributed by atoms with Crippen molar-refractivity contribution in [3.8, 4) is 0 Å². The molecular formula is C16H22Cl2N6O4S2. The predicted octanol–water partition coefficient (Wildman–Crippen LogP) is 2.08. The zero-order chi connectivity index (χ0) is 23.3. The van der Waals surface area contributed by atoms with E-state index in [-0.39, 0.29) is 10.8 Å². The molecule has 0 amide bonds. The third-order valence-electron chi connectivity index (χ3n) is 4.18. The monoisotopic (exact) mass is 496 g/mol. The van der Waals surface area contributed by atoms with Crippen LogP contribution in [0.5, 0.6) is 0 Å². The molecule has 0 unspecified atom stereocenters. The van der Waals surface area contributed by atoms with Gasteiger partial charge in [-0.3, -0.25) is 0 Å². The SMILES string of the molecule is C/C(=C(/C)S(N)(=O)=O)c1ncc(Cl)cn1.C[C@H](c1ncc(Cl)cn1)[C@H](C)S(N)(=O)=O. The van der Waals surface area contributed by atoms with E-state index in [4.69, 9.17) is 33.5 Å². The molecule has 0 aromatic carbocycles. The normalized spacial score (nSPS) is 14.8. The van der Waals surface area contributed by atoms with Crippen molar-refractivity contribution in [2.75, 3.05) is 0 Å². The molecule has 2 atom stereocenters. The van der Waals surface area contributed by atoms with Crippen molar-refractivity contribution in [3.05, 3.63) is 51.4 Å². The van der Waals surface area contributed by atoms with Crippen LogP contribution in [-0.2, 0) is 20.0 Å². The summed E-state index contributed by atoms with van der Waals surface area (Å²) >= 11 is 11.2. The lowest BCUT2D eigenvalue weighted by atomic mass is 10.1. The molecule has 2 aromatic heterocycles. The van der Waals surface area contributed by atoms with E-state index >= 15 is 0 Å². The summed E-state index contributed by atoms with van der Waals surface area (Å²) in [7, 11) is -7.27. The molecule has 2 aromatic rings. The standard InChI is InChI=1S/C8H12ClN3O2S.C8H10ClN3O2S/c2*1-5(6(2)15(10,13)14)8-11-3-7(9)4-12-8/h3-6H,1-2H3,(H2,10,13,14);3-4H,1-2H3,(H2,10,13,14)/b;6-5+/t5-,6-;/m0./s1. The number of allylic oxidation sites excluding steroid dienone is 2. The van der Waals surface area contributed by atoms with Gasteiger partial charge in [0, 0.05) is 36.3 Å². The highest BCUT2D eigenvalue weighted by molar-refractivity contribution is 7.93. The first kappa shape index (κ1) is 26.3. The van der Waals surface area contributed by atoms with Crippen molar-refractivity contribution in [2.24, 2.45) is 10.3 Å². The van der Waals surface area contributed by atoms with Crippen LogP contribution in [0.2, 0.25) is 10.0 Å². The Morgan fingerprint density at radius 3 is 1.63 bits per heavy atom. The fourth-order valence-corrected chi connectivity index (χ4v) is 3.33. The van der Waals surface area contributed by atoms with Gasteiger partial charge in [-0.1, -0.05) is 30.1 Å². The average molecular weight is 497 g/mol. The van der Waals surface area contributed by atoms with Gasteiger partial charge in [-0.25, -0.2) is 47.0 Å². The molecule has 0 spiro atoms. The molecule has 0 bridgehead atoms. The molecule has 0 saturated heterocycles. The number of primary sulfonamides is 2. The average Bonchev–Trinajstić information content (AvgIpc) is 2.66. The third-order valence-corrected chi connectivity index (χ3v) is 7.18. The number of sulfonamides is 2. The van der Waals surface area contributed by atoms with Crippen molar-refractivity contribution in [1.82, 2.24) is 19.9 Å². The van der Waals surface area contributed by atoms with Crippen LogP contribution in [0.3, 0.4) is 0 Å². The largest absolute Gasteiger partial charge is 0.239 e. The van der Waals surface area contributed by atoms with Crippen LogP contribution in [0, 0.1) is 0 Å². The van der Waals surface area contributed by atoms with E-state index in [1.165, 1.54) is 38.6 Å². The van der Waals surface area contributed by atoms with Gasteiger partial charge in [-0.15, -0.1) is 0 Å². The number of rotatable bonds is 5. The molecule has 4 N–H and O–H groups in total. The van der Waals surface area contributed by atoms with Gasteiger partial charge >= 0.3 is 0 Å². The maximum Gasteiger partial charge on any atom is 0.234 e. The van der Waals surface area contributed by atoms with E-state index < -0.39 is 25.3 Å². The Hall–Kier alpha value is -1.70. The fourth-order valence-electron chi connectivity index (χ4n) is 1.93. The number of hydrogen-bond acceptors (Lipinski definition) is 8. The summed E-state index contributed by atoms with van der Waals surface area (Å²) in [5.41, 5.74) is 0.411. The van der Waals surface area contributed by atoms with Crippen LogP contribution in [-0.4, -0.2) is 42.0 Å². The Kier molecular flexibility index (Phi) is 9.26. The molecule has 14 heteroatoms. The summed E-state index contributed by atoms with van der Waals surface area (Å²) in [6.45, 7) is 6.22. The first-order valence-electron chi connectivity index (χ1n) is 8.31. The topological polar surface area (TPSA) is 172 Å². The maximum atomic E-state index is 11.1. The summed E-state index contributed by atoms with van der Waals surface area (Å²) in [6, 6.07) is 0. The number of nitrogens with zero attached hydrogens (tertiary/aromatic N) is 4. The lowest BCUT2D eigenvalue weighted by molar-refractivity contribution is 0.564. The molecule has 0 radical (unpaired) electrons. The predicted molar refractivity (Wildman–Crippen MR) is 116 cm³/mol. The zero-order valence-corrected chi connectivity index (χ0v) is 19.8. The van der Waals surface area contributed by atoms with Crippen LogP contribution < -0.4 is 10.3 Å². The highest BCUT2D eigenvalue weighted by atomic mass is 35.5. The molecule has 0 saturated carbocycles. The molecule has 10 nitrogen and oxygen atoms in total. The molecule has 2 heterocycles. The molecule has 0 aliphatic rings. The Morgan fingerprint density at radius 2 is 1.27 bits per heavy atom. The van der Waals surface area contributed by atoms with Crippen LogP contribution in [0.4, 0.5) is 0 Å². The summed E-state index contributed by atoms with van der Waals surface area (Å²) in [4.78, 5) is 15.7. The number of aromatic nitrogens is 4. The van der Waals surface area contributed by atoms with Crippen molar-refractivity contribution >= 4 is 48.8 Å². The van der Waals surface area contributed by atoms with Gasteiger partial charge in [0.15, 0.2) is 5.82 Å². The van der Waals surface area contributed by atoms with Crippen LogP contribution in [0.25, 0.3) is 5.57 Å². The van der Waals surface area contributed by atoms with Crippen LogP contribution in [0.15, 0.2) is 29.7 Å². The molecule has 0 aliphatic carbocycles. The molecule has 166 valence electrons. The van der Waals surface area contributed by atoms with Crippen molar-refractivity contribution in [3.63, 3.8) is 0 Å². The summed E-state index contributed by atoms with van der Waals surface area (Å²) in [5, 5.41) is 10.1. The second-order valence-corrected chi connectivity index (χ2v) is 10.8. The number of halogens is 2. The first-order valence-corrected chi connectivity index (χ1v) is 12.2.